The minimum atomic E-state index is -0.0359. The number of hydrogen-bond donors (Lipinski definition) is 1. The molecule has 0 atom stereocenters. The minimum Gasteiger partial charge on any atom is -0.366 e. The maximum Gasteiger partial charge on any atom is 0.161 e. The predicted molar refractivity (Wildman–Crippen MR) is 39.2 cm³/mol. The molecule has 3 heteroatoms. The summed E-state index contributed by atoms with van der Waals surface area (Å²) >= 11 is 0. The molecule has 0 amide bonds. The Morgan fingerprint density at radius 2 is 2.09 bits per heavy atom. The quantitative estimate of drug-likeness (QED) is 0.492. The molecule has 2 N–H and O–H groups in total. The van der Waals surface area contributed by atoms with E-state index in [0.29, 0.717) is 13.0 Å². The van der Waals surface area contributed by atoms with Gasteiger partial charge in [-0.2, -0.15) is 0 Å². The standard InChI is InChI=1S/C8H13NO2/c10-7-5-8(11-6-7)1-3-9-4-2-8/h9H,1-6H2/p+1. The van der Waals surface area contributed by atoms with Gasteiger partial charge in [0.05, 0.1) is 18.7 Å². The van der Waals surface area contributed by atoms with Crippen molar-refractivity contribution in [3.8, 4) is 0 Å². The van der Waals surface area contributed by atoms with Crippen LogP contribution in [0.2, 0.25) is 0 Å². The topological polar surface area (TPSA) is 42.9 Å². The Morgan fingerprint density at radius 3 is 2.64 bits per heavy atom. The maximum atomic E-state index is 11.0. The Kier molecular flexibility index (Phi) is 1.69. The van der Waals surface area contributed by atoms with E-state index in [9.17, 15) is 4.79 Å². The average Bonchev–Trinajstić information content (AvgIpc) is 2.34. The Hall–Kier alpha value is -0.410. The second-order valence-corrected chi connectivity index (χ2v) is 3.55. The lowest BCUT2D eigenvalue weighted by Gasteiger charge is -2.29. The van der Waals surface area contributed by atoms with Crippen LogP contribution in [0.1, 0.15) is 19.3 Å². The van der Waals surface area contributed by atoms with E-state index < -0.39 is 0 Å². The molecule has 2 heterocycles. The molecule has 2 fully saturated rings. The van der Waals surface area contributed by atoms with E-state index in [-0.39, 0.29) is 11.4 Å². The zero-order chi connectivity index (χ0) is 7.73. The van der Waals surface area contributed by atoms with Crippen LogP contribution in [0.25, 0.3) is 0 Å². The van der Waals surface area contributed by atoms with Crippen molar-refractivity contribution in [1.82, 2.24) is 0 Å². The number of ketones is 1. The molecule has 0 aromatic carbocycles. The highest BCUT2D eigenvalue weighted by Crippen LogP contribution is 2.30. The molecule has 0 aliphatic carbocycles. The summed E-state index contributed by atoms with van der Waals surface area (Å²) in [6, 6.07) is 0. The van der Waals surface area contributed by atoms with Crippen LogP contribution >= 0.6 is 0 Å². The molecule has 0 bridgehead atoms. The summed E-state index contributed by atoms with van der Waals surface area (Å²) in [4.78, 5) is 11.0. The van der Waals surface area contributed by atoms with Gasteiger partial charge in [-0.1, -0.05) is 0 Å². The van der Waals surface area contributed by atoms with Crippen molar-refractivity contribution in [3.63, 3.8) is 0 Å². The predicted octanol–water partition coefficient (Wildman–Crippen LogP) is -0.928. The van der Waals surface area contributed by atoms with E-state index in [1.807, 2.05) is 0 Å². The lowest BCUT2D eigenvalue weighted by Crippen LogP contribution is -2.87. The molecule has 0 saturated carbocycles. The Labute approximate surface area is 66.1 Å². The molecule has 2 aliphatic heterocycles. The molecule has 62 valence electrons. The minimum absolute atomic E-state index is 0.0359. The van der Waals surface area contributed by atoms with Crippen molar-refractivity contribution in [1.29, 1.82) is 0 Å². The molecule has 2 rings (SSSR count). The van der Waals surface area contributed by atoms with Crippen LogP contribution in [0.15, 0.2) is 0 Å². The van der Waals surface area contributed by atoms with Gasteiger partial charge in [0, 0.05) is 19.3 Å². The van der Waals surface area contributed by atoms with Crippen molar-refractivity contribution in [2.45, 2.75) is 24.9 Å². The van der Waals surface area contributed by atoms with Crippen molar-refractivity contribution in [2.24, 2.45) is 0 Å². The summed E-state index contributed by atoms with van der Waals surface area (Å²) < 4.78 is 5.52. The summed E-state index contributed by atoms with van der Waals surface area (Å²) in [6.45, 7) is 2.60. The van der Waals surface area contributed by atoms with Gasteiger partial charge in [-0.3, -0.25) is 4.79 Å². The number of carbonyl (C=O) groups is 1. The molecule has 0 radical (unpaired) electrons. The number of quaternary nitrogens is 1. The number of rotatable bonds is 0. The van der Waals surface area contributed by atoms with E-state index >= 15 is 0 Å². The van der Waals surface area contributed by atoms with Crippen molar-refractivity contribution in [3.05, 3.63) is 0 Å². The second kappa shape index (κ2) is 2.57. The summed E-state index contributed by atoms with van der Waals surface area (Å²) in [5, 5.41) is 2.29. The first-order valence-corrected chi connectivity index (χ1v) is 4.28. The molecular formula is C8H14NO2+. The van der Waals surface area contributed by atoms with Gasteiger partial charge in [0.2, 0.25) is 0 Å². The number of hydrogen-bond acceptors (Lipinski definition) is 2. The Balaban J connectivity index is 2.03. The fraction of sp³-hybridized carbons (Fsp3) is 0.875. The second-order valence-electron chi connectivity index (χ2n) is 3.55. The van der Waals surface area contributed by atoms with E-state index in [4.69, 9.17) is 4.74 Å². The van der Waals surface area contributed by atoms with Crippen LogP contribution in [0, 0.1) is 0 Å². The third-order valence-electron chi connectivity index (χ3n) is 2.67. The van der Waals surface area contributed by atoms with E-state index in [2.05, 4.69) is 5.32 Å². The first-order valence-electron chi connectivity index (χ1n) is 4.28. The lowest BCUT2D eigenvalue weighted by molar-refractivity contribution is -0.668. The Morgan fingerprint density at radius 1 is 1.36 bits per heavy atom. The van der Waals surface area contributed by atoms with Crippen molar-refractivity contribution < 1.29 is 14.8 Å². The van der Waals surface area contributed by atoms with Gasteiger partial charge < -0.3 is 10.1 Å². The highest BCUT2D eigenvalue weighted by molar-refractivity contribution is 5.82. The Bertz CT molecular complexity index is 173. The zero-order valence-corrected chi connectivity index (χ0v) is 6.64. The van der Waals surface area contributed by atoms with E-state index in [0.717, 1.165) is 25.9 Å². The highest BCUT2D eigenvalue weighted by Gasteiger charge is 2.41. The van der Waals surface area contributed by atoms with Crippen LogP contribution in [0.3, 0.4) is 0 Å². The van der Waals surface area contributed by atoms with Crippen molar-refractivity contribution >= 4 is 5.78 Å². The largest absolute Gasteiger partial charge is 0.366 e. The number of Topliss-reactive ketones (excluding diaryl/α,β-unsaturated/α-hetero) is 1. The summed E-state index contributed by atoms with van der Waals surface area (Å²) in [7, 11) is 0. The molecule has 0 aromatic rings. The molecule has 1 spiro atoms. The van der Waals surface area contributed by atoms with Crippen LogP contribution in [-0.4, -0.2) is 31.1 Å². The normalized spacial score (nSPS) is 29.6. The summed E-state index contributed by atoms with van der Waals surface area (Å²) in [5.41, 5.74) is -0.0359. The third kappa shape index (κ3) is 1.30. The first kappa shape index (κ1) is 7.25. The fourth-order valence-corrected chi connectivity index (χ4v) is 2.02. The summed E-state index contributed by atoms with van der Waals surface area (Å²) in [6.07, 6.45) is 2.78. The van der Waals surface area contributed by atoms with Crippen LogP contribution in [0.5, 0.6) is 0 Å². The van der Waals surface area contributed by atoms with Gasteiger partial charge in [0.1, 0.15) is 6.61 Å². The molecule has 3 nitrogen and oxygen atoms in total. The number of piperidine rings is 1. The molecule has 0 unspecified atom stereocenters. The molecule has 11 heavy (non-hydrogen) atoms. The van der Waals surface area contributed by atoms with Crippen LogP contribution in [0.4, 0.5) is 0 Å². The van der Waals surface area contributed by atoms with Gasteiger partial charge in [-0.15, -0.1) is 0 Å². The maximum absolute atomic E-state index is 11.0. The first-order chi connectivity index (χ1) is 5.31. The molecule has 0 aromatic heterocycles. The van der Waals surface area contributed by atoms with Gasteiger partial charge >= 0.3 is 0 Å². The monoisotopic (exact) mass is 156 g/mol. The lowest BCUT2D eigenvalue weighted by atomic mass is 9.89. The van der Waals surface area contributed by atoms with Gasteiger partial charge in [0.15, 0.2) is 5.78 Å². The van der Waals surface area contributed by atoms with Gasteiger partial charge in [-0.25, -0.2) is 0 Å². The number of carbonyl (C=O) groups excluding carboxylic acids is 1. The molecule has 2 saturated heterocycles. The average molecular weight is 156 g/mol. The SMILES string of the molecule is O=C1COC2(CC[NH2+]CC2)C1. The number of nitrogens with two attached hydrogens (primary N) is 1. The van der Waals surface area contributed by atoms with Crippen molar-refractivity contribution in [2.75, 3.05) is 19.7 Å². The third-order valence-corrected chi connectivity index (χ3v) is 2.67. The molecule has 2 aliphatic rings. The zero-order valence-electron chi connectivity index (χ0n) is 6.64. The molecular weight excluding hydrogens is 142 g/mol. The fourth-order valence-electron chi connectivity index (χ4n) is 2.02. The smallest absolute Gasteiger partial charge is 0.161 e. The van der Waals surface area contributed by atoms with Crippen LogP contribution in [-0.2, 0) is 9.53 Å². The van der Waals surface area contributed by atoms with E-state index in [1.54, 1.807) is 0 Å². The van der Waals surface area contributed by atoms with Gasteiger partial charge in [-0.05, 0) is 0 Å². The van der Waals surface area contributed by atoms with E-state index in [1.165, 1.54) is 0 Å². The summed E-state index contributed by atoms with van der Waals surface area (Å²) in [5.74, 6) is 0.284. The number of ether oxygens (including phenoxy) is 1. The van der Waals surface area contributed by atoms with Crippen LogP contribution < -0.4 is 5.32 Å². The van der Waals surface area contributed by atoms with Gasteiger partial charge in [0.25, 0.3) is 0 Å². The highest BCUT2D eigenvalue weighted by atomic mass is 16.5.